The van der Waals surface area contributed by atoms with Crippen molar-refractivity contribution >= 4 is 27.5 Å². The molecule has 0 spiro atoms. The molecular weight excluding hydrogens is 370 g/mol. The SMILES string of the molecule is Cc1sc2ncn(CCC(=O)N3CCCC(C)C3)c(=O)c2c1-c1ccccc1. The molecule has 28 heavy (non-hydrogen) atoms. The monoisotopic (exact) mass is 395 g/mol. The first-order chi connectivity index (χ1) is 13.5. The van der Waals surface area contributed by atoms with Gasteiger partial charge >= 0.3 is 0 Å². The van der Waals surface area contributed by atoms with Gasteiger partial charge in [-0.1, -0.05) is 37.3 Å². The summed E-state index contributed by atoms with van der Waals surface area (Å²) in [5.74, 6) is 0.684. The Balaban J connectivity index is 1.61. The van der Waals surface area contributed by atoms with Crippen LogP contribution in [-0.2, 0) is 11.3 Å². The lowest BCUT2D eigenvalue weighted by Gasteiger charge is -2.31. The smallest absolute Gasteiger partial charge is 0.262 e. The van der Waals surface area contributed by atoms with Gasteiger partial charge in [0.25, 0.3) is 5.56 Å². The number of aromatic nitrogens is 2. The van der Waals surface area contributed by atoms with Crippen molar-refractivity contribution in [3.63, 3.8) is 0 Å². The molecule has 4 rings (SSSR count). The van der Waals surface area contributed by atoms with E-state index in [-0.39, 0.29) is 11.5 Å². The lowest BCUT2D eigenvalue weighted by Crippen LogP contribution is -2.39. The number of rotatable bonds is 4. The predicted octanol–water partition coefficient (Wildman–Crippen LogP) is 4.08. The molecule has 0 N–H and O–H groups in total. The summed E-state index contributed by atoms with van der Waals surface area (Å²) in [6.07, 6.45) is 4.17. The molecule has 146 valence electrons. The second-order valence-corrected chi connectivity index (χ2v) is 8.86. The van der Waals surface area contributed by atoms with Gasteiger partial charge in [0.15, 0.2) is 0 Å². The Morgan fingerprint density at radius 2 is 2.07 bits per heavy atom. The van der Waals surface area contributed by atoms with E-state index in [2.05, 4.69) is 11.9 Å². The Morgan fingerprint density at radius 1 is 1.29 bits per heavy atom. The molecule has 1 aromatic carbocycles. The molecule has 6 heteroatoms. The van der Waals surface area contributed by atoms with E-state index in [0.717, 1.165) is 40.3 Å². The van der Waals surface area contributed by atoms with Crippen LogP contribution in [0.5, 0.6) is 0 Å². The highest BCUT2D eigenvalue weighted by Crippen LogP contribution is 2.35. The number of amides is 1. The minimum Gasteiger partial charge on any atom is -0.342 e. The first kappa shape index (κ1) is 18.9. The van der Waals surface area contributed by atoms with E-state index in [1.54, 1.807) is 22.2 Å². The number of thiophene rings is 1. The van der Waals surface area contributed by atoms with E-state index < -0.39 is 0 Å². The van der Waals surface area contributed by atoms with E-state index in [0.29, 0.717) is 24.3 Å². The Labute approximate surface area is 168 Å². The highest BCUT2D eigenvalue weighted by Gasteiger charge is 2.21. The second-order valence-electron chi connectivity index (χ2n) is 7.66. The van der Waals surface area contributed by atoms with Crippen molar-refractivity contribution in [2.45, 2.75) is 39.7 Å². The molecule has 1 unspecified atom stereocenters. The molecule has 5 nitrogen and oxygen atoms in total. The molecule has 1 aliphatic rings. The third-order valence-corrected chi connectivity index (χ3v) is 6.51. The topological polar surface area (TPSA) is 55.2 Å². The van der Waals surface area contributed by atoms with Crippen molar-refractivity contribution in [2.24, 2.45) is 5.92 Å². The number of likely N-dealkylation sites (tertiary alicyclic amines) is 1. The van der Waals surface area contributed by atoms with E-state index >= 15 is 0 Å². The maximum Gasteiger partial charge on any atom is 0.262 e. The third-order valence-electron chi connectivity index (χ3n) is 5.49. The molecule has 1 atom stereocenters. The molecule has 3 aromatic rings. The number of carbonyl (C=O) groups excluding carboxylic acids is 1. The highest BCUT2D eigenvalue weighted by molar-refractivity contribution is 7.19. The summed E-state index contributed by atoms with van der Waals surface area (Å²) in [7, 11) is 0. The van der Waals surface area contributed by atoms with Crippen LogP contribution < -0.4 is 5.56 Å². The fourth-order valence-corrected chi connectivity index (χ4v) is 5.04. The molecule has 0 radical (unpaired) electrons. The predicted molar refractivity (Wildman–Crippen MR) is 114 cm³/mol. The summed E-state index contributed by atoms with van der Waals surface area (Å²) in [6.45, 7) is 6.24. The minimum absolute atomic E-state index is 0.0620. The van der Waals surface area contributed by atoms with E-state index in [9.17, 15) is 9.59 Å². The number of piperidine rings is 1. The summed E-state index contributed by atoms with van der Waals surface area (Å²) in [5, 5.41) is 0.662. The third kappa shape index (κ3) is 3.61. The number of nitrogens with zero attached hydrogens (tertiary/aromatic N) is 3. The van der Waals surface area contributed by atoms with Gasteiger partial charge in [0, 0.05) is 36.5 Å². The van der Waals surface area contributed by atoms with Gasteiger partial charge in [0.05, 0.1) is 11.7 Å². The first-order valence-corrected chi connectivity index (χ1v) is 10.7. The van der Waals surface area contributed by atoms with Gasteiger partial charge in [0.2, 0.25) is 5.91 Å². The van der Waals surface area contributed by atoms with Gasteiger partial charge in [-0.3, -0.25) is 14.2 Å². The van der Waals surface area contributed by atoms with Crippen LogP contribution in [0.15, 0.2) is 41.5 Å². The minimum atomic E-state index is -0.0620. The zero-order chi connectivity index (χ0) is 19.7. The molecular formula is C22H25N3O2S. The molecule has 1 amide bonds. The number of hydrogen-bond donors (Lipinski definition) is 0. The van der Waals surface area contributed by atoms with Crippen LogP contribution in [0.1, 0.15) is 31.1 Å². The van der Waals surface area contributed by atoms with Gasteiger partial charge in [-0.25, -0.2) is 4.98 Å². The van der Waals surface area contributed by atoms with Crippen molar-refractivity contribution in [1.82, 2.24) is 14.5 Å². The largest absolute Gasteiger partial charge is 0.342 e. The van der Waals surface area contributed by atoms with Crippen LogP contribution in [0.25, 0.3) is 21.3 Å². The van der Waals surface area contributed by atoms with Crippen LogP contribution in [0, 0.1) is 12.8 Å². The molecule has 2 aromatic heterocycles. The summed E-state index contributed by atoms with van der Waals surface area (Å²) in [6, 6.07) is 9.96. The van der Waals surface area contributed by atoms with E-state index in [1.165, 1.54) is 6.42 Å². The van der Waals surface area contributed by atoms with Gasteiger partial charge in [0.1, 0.15) is 4.83 Å². The van der Waals surface area contributed by atoms with Crippen molar-refractivity contribution < 1.29 is 4.79 Å². The van der Waals surface area contributed by atoms with Crippen LogP contribution >= 0.6 is 11.3 Å². The van der Waals surface area contributed by atoms with Crippen LogP contribution in [0.2, 0.25) is 0 Å². The summed E-state index contributed by atoms with van der Waals surface area (Å²) < 4.78 is 1.59. The molecule has 0 saturated carbocycles. The van der Waals surface area contributed by atoms with Crippen molar-refractivity contribution in [3.8, 4) is 11.1 Å². The Kier molecular flexibility index (Phi) is 5.31. The summed E-state index contributed by atoms with van der Waals surface area (Å²) in [4.78, 5) is 34.0. The molecule has 0 aliphatic carbocycles. The average molecular weight is 396 g/mol. The van der Waals surface area contributed by atoms with Gasteiger partial charge < -0.3 is 4.90 Å². The normalized spacial score (nSPS) is 17.2. The van der Waals surface area contributed by atoms with Crippen molar-refractivity contribution in [1.29, 1.82) is 0 Å². The molecule has 1 saturated heterocycles. The van der Waals surface area contributed by atoms with Crippen LogP contribution in [0.4, 0.5) is 0 Å². The Morgan fingerprint density at radius 3 is 2.82 bits per heavy atom. The summed E-state index contributed by atoms with van der Waals surface area (Å²) >= 11 is 1.54. The van der Waals surface area contributed by atoms with E-state index in [1.807, 2.05) is 42.2 Å². The maximum absolute atomic E-state index is 13.2. The first-order valence-electron chi connectivity index (χ1n) is 9.86. The quantitative estimate of drug-likeness (QED) is 0.669. The van der Waals surface area contributed by atoms with E-state index in [4.69, 9.17) is 0 Å². The number of fused-ring (bicyclic) bond motifs is 1. The van der Waals surface area contributed by atoms with Crippen LogP contribution in [0.3, 0.4) is 0 Å². The standard InChI is InChI=1S/C22H25N3O2S/c1-15-7-6-11-24(13-15)18(26)10-12-25-14-23-21-20(22(25)27)19(16(2)28-21)17-8-4-3-5-9-17/h3-5,8-9,14-15H,6-7,10-13H2,1-2H3. The van der Waals surface area contributed by atoms with Crippen molar-refractivity contribution in [2.75, 3.05) is 13.1 Å². The average Bonchev–Trinajstić information content (AvgIpc) is 3.04. The highest BCUT2D eigenvalue weighted by atomic mass is 32.1. The van der Waals surface area contributed by atoms with Crippen molar-refractivity contribution in [3.05, 3.63) is 51.9 Å². The van der Waals surface area contributed by atoms with Gasteiger partial charge in [-0.15, -0.1) is 11.3 Å². The molecule has 3 heterocycles. The fraction of sp³-hybridized carbons (Fsp3) is 0.409. The molecule has 0 bridgehead atoms. The van der Waals surface area contributed by atoms with Gasteiger partial charge in [-0.2, -0.15) is 0 Å². The fourth-order valence-electron chi connectivity index (χ4n) is 4.04. The maximum atomic E-state index is 13.2. The summed E-state index contributed by atoms with van der Waals surface area (Å²) in [5.41, 5.74) is 1.93. The number of benzene rings is 1. The molecule has 1 fully saturated rings. The second kappa shape index (κ2) is 7.87. The molecule has 1 aliphatic heterocycles. The zero-order valence-electron chi connectivity index (χ0n) is 16.4. The number of hydrogen-bond acceptors (Lipinski definition) is 4. The zero-order valence-corrected chi connectivity index (χ0v) is 17.2. The van der Waals surface area contributed by atoms with Crippen LogP contribution in [-0.4, -0.2) is 33.4 Å². The lowest BCUT2D eigenvalue weighted by atomic mass is 10.00. The number of aryl methyl sites for hydroxylation is 2. The number of carbonyl (C=O) groups is 1. The van der Waals surface area contributed by atoms with Gasteiger partial charge in [-0.05, 0) is 31.2 Å². The Hall–Kier alpha value is -2.47. The lowest BCUT2D eigenvalue weighted by molar-refractivity contribution is -0.133. The Bertz CT molecular complexity index is 1050.